The predicted octanol–water partition coefficient (Wildman–Crippen LogP) is 2.77. The Hall–Kier alpha value is -3.07. The van der Waals surface area contributed by atoms with Gasteiger partial charge < -0.3 is 10.4 Å². The molecule has 29 heavy (non-hydrogen) atoms. The third-order valence-corrected chi connectivity index (χ3v) is 5.36. The number of aryl methyl sites for hydroxylation is 1. The summed E-state index contributed by atoms with van der Waals surface area (Å²) in [7, 11) is 0. The van der Waals surface area contributed by atoms with Crippen molar-refractivity contribution in [3.63, 3.8) is 0 Å². The van der Waals surface area contributed by atoms with Crippen molar-refractivity contribution in [2.24, 2.45) is 5.41 Å². The molecule has 1 aromatic carbocycles. The van der Waals surface area contributed by atoms with Gasteiger partial charge in [0.2, 0.25) is 5.95 Å². The lowest BCUT2D eigenvalue weighted by Gasteiger charge is -2.38. The fraction of sp³-hybridized carbons (Fsp3) is 0.450. The van der Waals surface area contributed by atoms with Crippen molar-refractivity contribution in [2.75, 3.05) is 11.9 Å². The van der Waals surface area contributed by atoms with Gasteiger partial charge in [0.1, 0.15) is 6.04 Å². The van der Waals surface area contributed by atoms with Crippen LogP contribution in [0.1, 0.15) is 50.5 Å². The molecule has 0 radical (unpaired) electrons. The predicted molar refractivity (Wildman–Crippen MR) is 105 cm³/mol. The van der Waals surface area contributed by atoms with Crippen molar-refractivity contribution >= 4 is 17.4 Å². The molecule has 0 amide bonds. The van der Waals surface area contributed by atoms with Crippen molar-refractivity contribution in [2.45, 2.75) is 45.6 Å². The molecule has 1 unspecified atom stereocenters. The van der Waals surface area contributed by atoms with Crippen LogP contribution in [0.25, 0.3) is 0 Å². The van der Waals surface area contributed by atoms with Crippen molar-refractivity contribution in [1.29, 1.82) is 0 Å². The van der Waals surface area contributed by atoms with Gasteiger partial charge in [0.05, 0.1) is 10.5 Å². The summed E-state index contributed by atoms with van der Waals surface area (Å²) in [6, 6.07) is 5.74. The zero-order valence-electron chi connectivity index (χ0n) is 16.4. The van der Waals surface area contributed by atoms with Gasteiger partial charge in [-0.05, 0) is 24.3 Å². The molecule has 0 bridgehead atoms. The quantitative estimate of drug-likeness (QED) is 0.587. The minimum absolute atomic E-state index is 0.0202. The standard InChI is InChI=1S/C20H23N5O4/c1-20(2)10-13-17(15(27)11-20)18(12-6-3-4-7-14(12)25(28)29)24-19(21-13)22-16(23-24)8-5-9-26/h3-4,6-7,18,26H,5,8-11H2,1-2H3,(H,21,22,23). The zero-order chi connectivity index (χ0) is 20.8. The van der Waals surface area contributed by atoms with Crippen molar-refractivity contribution in [3.8, 4) is 0 Å². The molecule has 1 aliphatic heterocycles. The first kappa shape index (κ1) is 19.3. The number of nitro benzene ring substituents is 1. The number of rotatable bonds is 5. The Balaban J connectivity index is 1.90. The first-order chi connectivity index (χ1) is 13.8. The van der Waals surface area contributed by atoms with Gasteiger partial charge >= 0.3 is 0 Å². The number of carbonyl (C=O) groups is 1. The van der Waals surface area contributed by atoms with E-state index in [9.17, 15) is 14.9 Å². The van der Waals surface area contributed by atoms with Crippen molar-refractivity contribution in [3.05, 3.63) is 57.0 Å². The third kappa shape index (κ3) is 3.42. The molecule has 0 spiro atoms. The van der Waals surface area contributed by atoms with E-state index in [0.29, 0.717) is 48.6 Å². The highest BCUT2D eigenvalue weighted by Crippen LogP contribution is 2.46. The van der Waals surface area contributed by atoms with Gasteiger partial charge in [0.25, 0.3) is 5.69 Å². The van der Waals surface area contributed by atoms with E-state index >= 15 is 0 Å². The molecule has 1 aromatic heterocycles. The maximum Gasteiger partial charge on any atom is 0.275 e. The molecular weight excluding hydrogens is 374 g/mol. The summed E-state index contributed by atoms with van der Waals surface area (Å²) in [5, 5.41) is 28.6. The number of hydrogen-bond acceptors (Lipinski definition) is 7. The molecule has 9 nitrogen and oxygen atoms in total. The number of ketones is 1. The maximum atomic E-state index is 13.1. The van der Waals surface area contributed by atoms with Gasteiger partial charge in [-0.25, -0.2) is 4.68 Å². The number of aromatic nitrogens is 3. The van der Waals surface area contributed by atoms with Gasteiger partial charge in [0.15, 0.2) is 11.6 Å². The number of hydrogen-bond donors (Lipinski definition) is 2. The van der Waals surface area contributed by atoms with Crippen LogP contribution in [0.5, 0.6) is 0 Å². The Bertz CT molecular complexity index is 1020. The molecule has 1 atom stereocenters. The van der Waals surface area contributed by atoms with E-state index < -0.39 is 11.0 Å². The molecule has 9 heteroatoms. The molecule has 2 aliphatic rings. The summed E-state index contributed by atoms with van der Waals surface area (Å²) in [6.45, 7) is 4.08. The van der Waals surface area contributed by atoms with Crippen LogP contribution in [0.15, 0.2) is 35.5 Å². The average Bonchev–Trinajstić information content (AvgIpc) is 3.06. The molecule has 0 saturated heterocycles. The molecule has 152 valence electrons. The Morgan fingerprint density at radius 1 is 1.34 bits per heavy atom. The number of aliphatic hydroxyl groups is 1. The van der Waals surface area contributed by atoms with Crippen LogP contribution >= 0.6 is 0 Å². The fourth-order valence-corrected chi connectivity index (χ4v) is 4.17. The van der Waals surface area contributed by atoms with E-state index in [1.165, 1.54) is 6.07 Å². The number of anilines is 1. The number of Topliss-reactive ketones (excluding diaryl/α,β-unsaturated/α-hetero) is 1. The molecular formula is C20H23N5O4. The number of para-hydroxylation sites is 1. The second-order valence-electron chi connectivity index (χ2n) is 8.30. The largest absolute Gasteiger partial charge is 0.396 e. The molecule has 0 saturated carbocycles. The van der Waals surface area contributed by atoms with Crippen LogP contribution in [0.3, 0.4) is 0 Å². The van der Waals surface area contributed by atoms with Gasteiger partial charge in [-0.2, -0.15) is 10.1 Å². The number of nitrogens with zero attached hydrogens (tertiary/aromatic N) is 4. The monoisotopic (exact) mass is 397 g/mol. The van der Waals surface area contributed by atoms with Crippen LogP contribution < -0.4 is 5.32 Å². The van der Waals surface area contributed by atoms with Gasteiger partial charge in [-0.3, -0.25) is 14.9 Å². The molecule has 1 aliphatic carbocycles. The summed E-state index contributed by atoms with van der Waals surface area (Å²) < 4.78 is 1.57. The highest BCUT2D eigenvalue weighted by Gasteiger charge is 2.43. The van der Waals surface area contributed by atoms with Gasteiger partial charge in [-0.15, -0.1) is 0 Å². The summed E-state index contributed by atoms with van der Waals surface area (Å²) in [4.78, 5) is 28.9. The Morgan fingerprint density at radius 2 is 2.10 bits per heavy atom. The topological polar surface area (TPSA) is 123 Å². The lowest BCUT2D eigenvalue weighted by Crippen LogP contribution is -2.36. The first-order valence-corrected chi connectivity index (χ1v) is 9.63. The van der Waals surface area contributed by atoms with Crippen LogP contribution in [0.2, 0.25) is 0 Å². The number of carbonyl (C=O) groups excluding carboxylic acids is 1. The van der Waals surface area contributed by atoms with Crippen LogP contribution in [0.4, 0.5) is 11.6 Å². The van der Waals surface area contributed by atoms with E-state index in [1.54, 1.807) is 22.9 Å². The summed E-state index contributed by atoms with van der Waals surface area (Å²) >= 11 is 0. The van der Waals surface area contributed by atoms with Crippen LogP contribution in [-0.4, -0.2) is 37.2 Å². The minimum atomic E-state index is -0.707. The number of fused-ring (bicyclic) bond motifs is 1. The van der Waals surface area contributed by atoms with Crippen LogP contribution in [-0.2, 0) is 11.2 Å². The number of aliphatic hydroxyl groups excluding tert-OH is 1. The average molecular weight is 397 g/mol. The third-order valence-electron chi connectivity index (χ3n) is 5.36. The second kappa shape index (κ2) is 7.07. The lowest BCUT2D eigenvalue weighted by molar-refractivity contribution is -0.385. The summed E-state index contributed by atoms with van der Waals surface area (Å²) in [6.07, 6.45) is 2.00. The molecule has 2 aromatic rings. The van der Waals surface area contributed by atoms with E-state index in [0.717, 1.165) is 5.70 Å². The van der Waals surface area contributed by atoms with Gasteiger partial charge in [-0.1, -0.05) is 26.0 Å². The lowest BCUT2D eigenvalue weighted by atomic mass is 9.73. The van der Waals surface area contributed by atoms with E-state index in [2.05, 4.69) is 15.4 Å². The Kier molecular flexibility index (Phi) is 4.70. The number of allylic oxidation sites excluding steroid dienone is 2. The molecule has 4 rings (SSSR count). The number of nitrogens with one attached hydrogen (secondary N) is 1. The Morgan fingerprint density at radius 3 is 2.83 bits per heavy atom. The highest BCUT2D eigenvalue weighted by atomic mass is 16.6. The highest BCUT2D eigenvalue weighted by molar-refractivity contribution is 6.00. The van der Waals surface area contributed by atoms with E-state index in [-0.39, 0.29) is 23.5 Å². The zero-order valence-corrected chi connectivity index (χ0v) is 16.4. The molecule has 2 N–H and O–H groups in total. The second-order valence-corrected chi connectivity index (χ2v) is 8.30. The van der Waals surface area contributed by atoms with Gasteiger partial charge in [0, 0.05) is 36.8 Å². The number of nitro groups is 1. The summed E-state index contributed by atoms with van der Waals surface area (Å²) in [5.41, 5.74) is 1.42. The fourth-order valence-electron chi connectivity index (χ4n) is 4.17. The van der Waals surface area contributed by atoms with E-state index in [4.69, 9.17) is 5.11 Å². The molecule has 2 heterocycles. The van der Waals surface area contributed by atoms with Crippen molar-refractivity contribution < 1.29 is 14.8 Å². The van der Waals surface area contributed by atoms with Crippen molar-refractivity contribution in [1.82, 2.24) is 14.8 Å². The maximum absolute atomic E-state index is 13.1. The Labute approximate surface area is 167 Å². The SMILES string of the molecule is CC1(C)CC(=O)C2=C(C1)Nc1nc(CCCO)nn1C2c1ccccc1[N+](=O)[O-]. The molecule has 0 fully saturated rings. The summed E-state index contributed by atoms with van der Waals surface area (Å²) in [5.74, 6) is 0.951. The normalized spacial score (nSPS) is 20.1. The smallest absolute Gasteiger partial charge is 0.275 e. The van der Waals surface area contributed by atoms with Crippen LogP contribution in [0, 0.1) is 15.5 Å². The number of benzene rings is 1. The minimum Gasteiger partial charge on any atom is -0.396 e. The van der Waals surface area contributed by atoms with E-state index in [1.807, 2.05) is 13.8 Å². The first-order valence-electron chi connectivity index (χ1n) is 9.63.